The summed E-state index contributed by atoms with van der Waals surface area (Å²) in [6.07, 6.45) is 0.748. The molecule has 0 amide bonds. The summed E-state index contributed by atoms with van der Waals surface area (Å²) in [6, 6.07) is 7.90. The van der Waals surface area contributed by atoms with Crippen molar-refractivity contribution in [1.29, 1.82) is 0 Å². The second kappa shape index (κ2) is 4.38. The number of fused-ring (bicyclic) bond motifs is 1. The molecule has 2 rings (SSSR count). The fourth-order valence-electron chi connectivity index (χ4n) is 1.76. The van der Waals surface area contributed by atoms with Gasteiger partial charge in [0.1, 0.15) is 6.04 Å². The second-order valence-corrected chi connectivity index (χ2v) is 4.45. The van der Waals surface area contributed by atoms with Gasteiger partial charge < -0.3 is 4.74 Å². The Morgan fingerprint density at radius 2 is 2.33 bits per heavy atom. The number of carbonyl (C=O) groups is 1. The van der Waals surface area contributed by atoms with E-state index in [4.69, 9.17) is 4.74 Å². The zero-order valence-corrected chi connectivity index (χ0v) is 10.6. The van der Waals surface area contributed by atoms with Crippen molar-refractivity contribution in [3.63, 3.8) is 0 Å². The van der Waals surface area contributed by atoms with Gasteiger partial charge in [-0.25, -0.2) is 4.79 Å². The van der Waals surface area contributed by atoms with Crippen LogP contribution in [0.15, 0.2) is 24.3 Å². The van der Waals surface area contributed by atoms with Crippen molar-refractivity contribution in [2.45, 2.75) is 19.4 Å². The van der Waals surface area contributed by atoms with E-state index < -0.39 is 0 Å². The highest BCUT2D eigenvalue weighted by atomic mass is 127. The molecule has 1 aliphatic rings. The Bertz CT molecular complexity index is 381. The maximum Gasteiger partial charge on any atom is 0.329 e. The van der Waals surface area contributed by atoms with Gasteiger partial charge in [0.05, 0.1) is 29.5 Å². The van der Waals surface area contributed by atoms with E-state index in [-0.39, 0.29) is 12.0 Å². The molecule has 1 heterocycles. The highest BCUT2D eigenvalue weighted by Gasteiger charge is 2.33. The van der Waals surface area contributed by atoms with Gasteiger partial charge in [-0.3, -0.25) is 3.11 Å². The van der Waals surface area contributed by atoms with E-state index in [1.807, 2.05) is 28.2 Å². The SMILES string of the molecule is CCOC(=O)C1Cc2ccccc2N1I. The van der Waals surface area contributed by atoms with Crippen molar-refractivity contribution in [2.24, 2.45) is 0 Å². The van der Waals surface area contributed by atoms with Gasteiger partial charge in [-0.15, -0.1) is 0 Å². The fraction of sp³-hybridized carbons (Fsp3) is 0.364. The van der Waals surface area contributed by atoms with Crippen molar-refractivity contribution in [2.75, 3.05) is 9.72 Å². The molecule has 0 N–H and O–H groups in total. The summed E-state index contributed by atoms with van der Waals surface area (Å²) in [5.74, 6) is -0.136. The summed E-state index contributed by atoms with van der Waals surface area (Å²) in [5, 5.41) is 0. The Balaban J connectivity index is 2.19. The maximum atomic E-state index is 11.7. The largest absolute Gasteiger partial charge is 0.464 e. The lowest BCUT2D eigenvalue weighted by molar-refractivity contribution is -0.144. The molecule has 3 nitrogen and oxygen atoms in total. The van der Waals surface area contributed by atoms with E-state index >= 15 is 0 Å². The first-order chi connectivity index (χ1) is 7.24. The van der Waals surface area contributed by atoms with Crippen molar-refractivity contribution >= 4 is 34.5 Å². The molecule has 0 aliphatic carbocycles. The minimum Gasteiger partial charge on any atom is -0.464 e. The molecule has 0 saturated carbocycles. The van der Waals surface area contributed by atoms with Gasteiger partial charge in [-0.2, -0.15) is 0 Å². The van der Waals surface area contributed by atoms with Gasteiger partial charge >= 0.3 is 5.97 Å². The van der Waals surface area contributed by atoms with Crippen molar-refractivity contribution in [3.05, 3.63) is 29.8 Å². The molecule has 0 radical (unpaired) electrons. The monoisotopic (exact) mass is 317 g/mol. The summed E-state index contributed by atoms with van der Waals surface area (Å²) in [4.78, 5) is 11.7. The third-order valence-corrected chi connectivity index (χ3v) is 3.66. The zero-order chi connectivity index (χ0) is 10.8. The van der Waals surface area contributed by atoms with Crippen LogP contribution in [0.3, 0.4) is 0 Å². The van der Waals surface area contributed by atoms with Crippen LogP contribution in [0.2, 0.25) is 0 Å². The summed E-state index contributed by atoms with van der Waals surface area (Å²) >= 11 is 2.17. The number of hydrogen-bond donors (Lipinski definition) is 0. The van der Waals surface area contributed by atoms with Crippen LogP contribution in [0.4, 0.5) is 5.69 Å². The topological polar surface area (TPSA) is 29.5 Å². The van der Waals surface area contributed by atoms with E-state index in [1.165, 1.54) is 5.56 Å². The van der Waals surface area contributed by atoms with Crippen molar-refractivity contribution in [1.82, 2.24) is 0 Å². The Kier molecular flexibility index (Phi) is 3.14. The third-order valence-electron chi connectivity index (χ3n) is 2.47. The number of hydrogen-bond acceptors (Lipinski definition) is 3. The number of para-hydroxylation sites is 1. The number of nitrogens with zero attached hydrogens (tertiary/aromatic N) is 1. The molecule has 1 aromatic carbocycles. The molecule has 0 fully saturated rings. The van der Waals surface area contributed by atoms with Gasteiger partial charge in [0.2, 0.25) is 0 Å². The summed E-state index contributed by atoms with van der Waals surface area (Å²) < 4.78 is 7.01. The average Bonchev–Trinajstić information content (AvgIpc) is 2.57. The van der Waals surface area contributed by atoms with E-state index in [2.05, 4.69) is 28.9 Å². The average molecular weight is 317 g/mol. The van der Waals surface area contributed by atoms with Gasteiger partial charge in [0.15, 0.2) is 0 Å². The van der Waals surface area contributed by atoms with Crippen LogP contribution >= 0.6 is 22.9 Å². The van der Waals surface area contributed by atoms with E-state index in [0.717, 1.165) is 12.1 Å². The summed E-state index contributed by atoms with van der Waals surface area (Å²) in [7, 11) is 0. The molecular weight excluding hydrogens is 305 g/mol. The number of halogens is 1. The van der Waals surface area contributed by atoms with Crippen LogP contribution in [-0.4, -0.2) is 18.6 Å². The molecule has 4 heteroatoms. The Labute approximate surface area is 103 Å². The van der Waals surface area contributed by atoms with Crippen LogP contribution in [0.1, 0.15) is 12.5 Å². The number of esters is 1. The van der Waals surface area contributed by atoms with Crippen molar-refractivity contribution in [3.8, 4) is 0 Å². The molecule has 15 heavy (non-hydrogen) atoms. The smallest absolute Gasteiger partial charge is 0.329 e. The Hall–Kier alpha value is -0.780. The number of benzene rings is 1. The maximum absolute atomic E-state index is 11.7. The van der Waals surface area contributed by atoms with E-state index in [0.29, 0.717) is 6.61 Å². The zero-order valence-electron chi connectivity index (χ0n) is 8.44. The van der Waals surface area contributed by atoms with Gasteiger partial charge in [0, 0.05) is 12.1 Å². The Morgan fingerprint density at radius 3 is 3.00 bits per heavy atom. The number of anilines is 1. The van der Waals surface area contributed by atoms with Crippen LogP contribution in [0, 0.1) is 0 Å². The molecular formula is C11H12INO2. The first-order valence-corrected chi connectivity index (χ1v) is 5.90. The number of ether oxygens (including phenoxy) is 1. The minimum absolute atomic E-state index is 0.136. The molecule has 0 spiro atoms. The Morgan fingerprint density at radius 1 is 1.60 bits per heavy atom. The highest BCUT2D eigenvalue weighted by molar-refractivity contribution is 14.1. The van der Waals surface area contributed by atoms with Crippen LogP contribution in [-0.2, 0) is 16.0 Å². The highest BCUT2D eigenvalue weighted by Crippen LogP contribution is 2.35. The van der Waals surface area contributed by atoms with Crippen LogP contribution in [0.5, 0.6) is 0 Å². The quantitative estimate of drug-likeness (QED) is 0.476. The van der Waals surface area contributed by atoms with Gasteiger partial charge in [-0.1, -0.05) is 18.2 Å². The standard InChI is InChI=1S/C11H12INO2/c1-2-15-11(14)10-7-8-5-3-4-6-9(8)13(10)12/h3-6,10H,2,7H2,1H3. The van der Waals surface area contributed by atoms with E-state index in [1.54, 1.807) is 0 Å². The summed E-state index contributed by atoms with van der Waals surface area (Å²) in [5.41, 5.74) is 2.33. The second-order valence-electron chi connectivity index (χ2n) is 3.41. The molecule has 0 saturated heterocycles. The molecule has 0 aromatic heterocycles. The molecule has 1 atom stereocenters. The number of carbonyl (C=O) groups excluding carboxylic acids is 1. The normalized spacial score (nSPS) is 18.8. The number of rotatable bonds is 2. The lowest BCUT2D eigenvalue weighted by Crippen LogP contribution is -2.33. The van der Waals surface area contributed by atoms with Gasteiger partial charge in [-0.05, 0) is 18.6 Å². The predicted molar refractivity (Wildman–Crippen MR) is 67.1 cm³/mol. The molecule has 0 bridgehead atoms. The van der Waals surface area contributed by atoms with Gasteiger partial charge in [0.25, 0.3) is 0 Å². The lowest BCUT2D eigenvalue weighted by Gasteiger charge is -2.17. The van der Waals surface area contributed by atoms with E-state index in [9.17, 15) is 4.79 Å². The van der Waals surface area contributed by atoms with Crippen molar-refractivity contribution < 1.29 is 9.53 Å². The first-order valence-electron chi connectivity index (χ1n) is 4.93. The molecule has 1 aromatic rings. The third kappa shape index (κ3) is 1.95. The van der Waals surface area contributed by atoms with Crippen LogP contribution in [0.25, 0.3) is 0 Å². The predicted octanol–water partition coefficient (Wildman–Crippen LogP) is 2.33. The molecule has 1 unspecified atom stereocenters. The molecule has 80 valence electrons. The lowest BCUT2D eigenvalue weighted by atomic mass is 10.1. The first kappa shape index (κ1) is 10.7. The molecule has 1 aliphatic heterocycles. The fourth-order valence-corrected chi connectivity index (χ4v) is 2.66. The minimum atomic E-state index is -0.164. The van der Waals surface area contributed by atoms with Crippen LogP contribution < -0.4 is 3.11 Å². The summed E-state index contributed by atoms with van der Waals surface area (Å²) in [6.45, 7) is 2.27.